The molecular formula is C19H22N4O4S. The standard InChI is InChI=1S/C19H22N4O4S/c1-13-9-17(23(21-13)16-7-8-28(26,27)12-16)20-19(25)14-10-18(24)22(11-14)15-5-3-2-4-6-15/h2-6,9,14,16H,7-8,10-12H2,1H3,(H,20,25)/t14-,16-/m1/s1. The van der Waals surface area contributed by atoms with Gasteiger partial charge in [0.1, 0.15) is 5.82 Å². The summed E-state index contributed by atoms with van der Waals surface area (Å²) < 4.78 is 25.2. The van der Waals surface area contributed by atoms with Gasteiger partial charge in [-0.15, -0.1) is 0 Å². The van der Waals surface area contributed by atoms with Gasteiger partial charge in [0.15, 0.2) is 9.84 Å². The highest BCUT2D eigenvalue weighted by Crippen LogP contribution is 2.29. The Bertz CT molecular complexity index is 1020. The fourth-order valence-corrected chi connectivity index (χ4v) is 5.52. The Labute approximate surface area is 163 Å². The van der Waals surface area contributed by atoms with Gasteiger partial charge in [0.2, 0.25) is 11.8 Å². The minimum absolute atomic E-state index is 0.0285. The maximum absolute atomic E-state index is 12.8. The van der Waals surface area contributed by atoms with Gasteiger partial charge in [-0.3, -0.25) is 9.59 Å². The van der Waals surface area contributed by atoms with Gasteiger partial charge in [0.05, 0.1) is 29.2 Å². The molecule has 3 heterocycles. The molecule has 4 rings (SSSR count). The molecule has 0 unspecified atom stereocenters. The van der Waals surface area contributed by atoms with Gasteiger partial charge < -0.3 is 10.2 Å². The first-order valence-corrected chi connectivity index (χ1v) is 11.1. The Morgan fingerprint density at radius 3 is 2.68 bits per heavy atom. The van der Waals surface area contributed by atoms with Crippen molar-refractivity contribution >= 4 is 33.2 Å². The Balaban J connectivity index is 1.48. The summed E-state index contributed by atoms with van der Waals surface area (Å²) in [6.45, 7) is 2.12. The third-order valence-electron chi connectivity index (χ3n) is 5.23. The molecule has 148 valence electrons. The SMILES string of the molecule is Cc1cc(NC(=O)[C@@H]2CC(=O)N(c3ccccc3)C2)n([C@@H]2CCS(=O)(=O)C2)n1. The number of hydrogen-bond acceptors (Lipinski definition) is 5. The molecule has 0 radical (unpaired) electrons. The van der Waals surface area contributed by atoms with Crippen molar-refractivity contribution < 1.29 is 18.0 Å². The predicted octanol–water partition coefficient (Wildman–Crippen LogP) is 1.54. The lowest BCUT2D eigenvalue weighted by atomic mass is 10.1. The summed E-state index contributed by atoms with van der Waals surface area (Å²) in [7, 11) is -3.07. The van der Waals surface area contributed by atoms with E-state index in [0.717, 1.165) is 5.69 Å². The summed E-state index contributed by atoms with van der Waals surface area (Å²) in [5, 5.41) is 7.23. The Hall–Kier alpha value is -2.68. The van der Waals surface area contributed by atoms with E-state index in [1.165, 1.54) is 0 Å². The Morgan fingerprint density at radius 2 is 2.00 bits per heavy atom. The number of benzene rings is 1. The van der Waals surface area contributed by atoms with Gasteiger partial charge in [-0.1, -0.05) is 18.2 Å². The number of rotatable bonds is 4. The number of hydrogen-bond donors (Lipinski definition) is 1. The van der Waals surface area contributed by atoms with Crippen LogP contribution in [0.25, 0.3) is 0 Å². The van der Waals surface area contributed by atoms with E-state index in [2.05, 4.69) is 10.4 Å². The van der Waals surface area contributed by atoms with E-state index < -0.39 is 15.8 Å². The number of anilines is 2. The van der Waals surface area contributed by atoms with E-state index in [0.29, 0.717) is 24.5 Å². The molecule has 0 spiro atoms. The summed E-state index contributed by atoms with van der Waals surface area (Å²) in [6.07, 6.45) is 0.627. The maximum Gasteiger partial charge on any atom is 0.230 e. The van der Waals surface area contributed by atoms with Crippen LogP contribution in [0.1, 0.15) is 24.6 Å². The summed E-state index contributed by atoms with van der Waals surface area (Å²) in [5.41, 5.74) is 1.48. The zero-order chi connectivity index (χ0) is 19.9. The average molecular weight is 402 g/mol. The van der Waals surface area contributed by atoms with Crippen molar-refractivity contribution in [3.8, 4) is 0 Å². The molecule has 2 aromatic rings. The molecular weight excluding hydrogens is 380 g/mol. The van der Waals surface area contributed by atoms with Crippen molar-refractivity contribution in [2.45, 2.75) is 25.8 Å². The fourth-order valence-electron chi connectivity index (χ4n) is 3.83. The number of carbonyl (C=O) groups excluding carboxylic acids is 2. The largest absolute Gasteiger partial charge is 0.312 e. The predicted molar refractivity (Wildman–Crippen MR) is 105 cm³/mol. The molecule has 28 heavy (non-hydrogen) atoms. The van der Waals surface area contributed by atoms with Crippen molar-refractivity contribution in [3.63, 3.8) is 0 Å². The molecule has 8 nitrogen and oxygen atoms in total. The maximum atomic E-state index is 12.8. The van der Waals surface area contributed by atoms with E-state index in [1.54, 1.807) is 22.6 Å². The Morgan fingerprint density at radius 1 is 1.25 bits per heavy atom. The highest BCUT2D eigenvalue weighted by atomic mass is 32.2. The number of nitrogens with zero attached hydrogens (tertiary/aromatic N) is 3. The number of amides is 2. The number of aromatic nitrogens is 2. The van der Waals surface area contributed by atoms with Gasteiger partial charge in [0.25, 0.3) is 0 Å². The lowest BCUT2D eigenvalue weighted by molar-refractivity contribution is -0.122. The zero-order valence-corrected chi connectivity index (χ0v) is 16.4. The van der Waals surface area contributed by atoms with E-state index >= 15 is 0 Å². The van der Waals surface area contributed by atoms with Crippen LogP contribution in [0, 0.1) is 12.8 Å². The molecule has 2 atom stereocenters. The minimum atomic E-state index is -3.07. The minimum Gasteiger partial charge on any atom is -0.312 e. The molecule has 0 bridgehead atoms. The third-order valence-corrected chi connectivity index (χ3v) is 6.98. The summed E-state index contributed by atoms with van der Waals surface area (Å²) in [4.78, 5) is 26.8. The fraction of sp³-hybridized carbons (Fsp3) is 0.421. The quantitative estimate of drug-likeness (QED) is 0.836. The van der Waals surface area contributed by atoms with E-state index in [1.807, 2.05) is 30.3 Å². The number of para-hydroxylation sites is 1. The summed E-state index contributed by atoms with van der Waals surface area (Å²) in [5.74, 6) is -0.168. The van der Waals surface area contributed by atoms with Crippen LogP contribution in [-0.4, -0.2) is 48.1 Å². The summed E-state index contributed by atoms with van der Waals surface area (Å²) >= 11 is 0. The Kier molecular flexibility index (Phi) is 4.70. The number of nitrogens with one attached hydrogen (secondary N) is 1. The molecule has 0 saturated carbocycles. The van der Waals surface area contributed by atoms with Crippen LogP contribution < -0.4 is 10.2 Å². The first-order valence-electron chi connectivity index (χ1n) is 9.25. The van der Waals surface area contributed by atoms with Gasteiger partial charge in [-0.25, -0.2) is 13.1 Å². The van der Waals surface area contributed by atoms with Crippen molar-refractivity contribution in [1.82, 2.24) is 9.78 Å². The third kappa shape index (κ3) is 3.66. The van der Waals surface area contributed by atoms with Crippen LogP contribution in [0.15, 0.2) is 36.4 Å². The molecule has 2 amide bonds. The molecule has 1 aromatic carbocycles. The topological polar surface area (TPSA) is 101 Å². The van der Waals surface area contributed by atoms with Gasteiger partial charge in [-0.05, 0) is 25.5 Å². The van der Waals surface area contributed by atoms with Gasteiger partial charge in [0, 0.05) is 24.7 Å². The molecule has 9 heteroatoms. The highest BCUT2D eigenvalue weighted by Gasteiger charge is 2.36. The second-order valence-corrected chi connectivity index (χ2v) is 9.63. The van der Waals surface area contributed by atoms with Crippen molar-refractivity contribution in [1.29, 1.82) is 0 Å². The lowest BCUT2D eigenvalue weighted by Crippen LogP contribution is -2.29. The highest BCUT2D eigenvalue weighted by molar-refractivity contribution is 7.91. The average Bonchev–Trinajstić information content (AvgIpc) is 3.32. The second kappa shape index (κ2) is 7.05. The van der Waals surface area contributed by atoms with E-state index in [4.69, 9.17) is 0 Å². The van der Waals surface area contributed by atoms with Crippen LogP contribution >= 0.6 is 0 Å². The monoisotopic (exact) mass is 402 g/mol. The lowest BCUT2D eigenvalue weighted by Gasteiger charge is -2.17. The van der Waals surface area contributed by atoms with Crippen molar-refractivity contribution in [3.05, 3.63) is 42.1 Å². The van der Waals surface area contributed by atoms with Crippen LogP contribution in [0.4, 0.5) is 11.5 Å². The van der Waals surface area contributed by atoms with Crippen molar-refractivity contribution in [2.24, 2.45) is 5.92 Å². The van der Waals surface area contributed by atoms with E-state index in [9.17, 15) is 18.0 Å². The van der Waals surface area contributed by atoms with Crippen molar-refractivity contribution in [2.75, 3.05) is 28.3 Å². The zero-order valence-electron chi connectivity index (χ0n) is 15.5. The molecule has 0 aliphatic carbocycles. The molecule has 2 aliphatic rings. The summed E-state index contributed by atoms with van der Waals surface area (Å²) in [6, 6.07) is 10.7. The molecule has 2 saturated heterocycles. The van der Waals surface area contributed by atoms with Gasteiger partial charge in [-0.2, -0.15) is 5.10 Å². The van der Waals surface area contributed by atoms with E-state index in [-0.39, 0.29) is 35.8 Å². The van der Waals surface area contributed by atoms with Gasteiger partial charge >= 0.3 is 0 Å². The van der Waals surface area contributed by atoms with Crippen LogP contribution in [0.5, 0.6) is 0 Å². The smallest absolute Gasteiger partial charge is 0.230 e. The first-order chi connectivity index (χ1) is 13.3. The molecule has 2 aliphatic heterocycles. The number of aryl methyl sites for hydroxylation is 1. The number of sulfone groups is 1. The molecule has 1 N–H and O–H groups in total. The van der Waals surface area contributed by atoms with Crippen LogP contribution in [-0.2, 0) is 19.4 Å². The van der Waals surface area contributed by atoms with Crippen LogP contribution in [0.2, 0.25) is 0 Å². The van der Waals surface area contributed by atoms with Crippen LogP contribution in [0.3, 0.4) is 0 Å². The number of carbonyl (C=O) groups is 2. The molecule has 2 fully saturated rings. The molecule has 1 aromatic heterocycles. The second-order valence-electron chi connectivity index (χ2n) is 7.40. The normalized spacial score (nSPS) is 23.9. The first kappa shape index (κ1) is 18.7.